The Hall–Kier alpha value is -1.42. The molecular formula is C6H7N3O. The number of hydrogen-bond donors (Lipinski definition) is 2. The maximum atomic E-state index is 10.7. The smallest absolute Gasteiger partial charge is 0.265 e. The summed E-state index contributed by atoms with van der Waals surface area (Å²) in [5.41, 5.74) is 2.53. The lowest BCUT2D eigenvalue weighted by Gasteiger charge is -1.95. The van der Waals surface area contributed by atoms with E-state index in [1.54, 1.807) is 12.1 Å². The SMILES string of the molecule is [15NH2][15NH]C(=O)c1ccncc1. The quantitative estimate of drug-likeness (QED) is 0.242. The summed E-state index contributed by atoms with van der Waals surface area (Å²) >= 11 is 0. The number of nitrogens with zero attached hydrogens (tertiary/aromatic N) is 1. The summed E-state index contributed by atoms with van der Waals surface area (Å²) in [6, 6.07) is 3.17. The molecule has 0 aliphatic heterocycles. The molecule has 1 rings (SSSR count). The highest BCUT2D eigenvalue weighted by Gasteiger charge is 1.98. The lowest BCUT2D eigenvalue weighted by Crippen LogP contribution is -2.29. The van der Waals surface area contributed by atoms with Gasteiger partial charge in [-0.25, -0.2) is 5.84 Å². The van der Waals surface area contributed by atoms with Crippen molar-refractivity contribution in [2.24, 2.45) is 5.84 Å². The third kappa shape index (κ3) is 1.29. The molecule has 3 N–H and O–H groups in total. The summed E-state index contributed by atoms with van der Waals surface area (Å²) in [4.78, 5) is 14.5. The van der Waals surface area contributed by atoms with Crippen molar-refractivity contribution in [3.8, 4) is 0 Å². The van der Waals surface area contributed by atoms with Gasteiger partial charge in [-0.05, 0) is 12.1 Å². The van der Waals surface area contributed by atoms with Gasteiger partial charge in [-0.2, -0.15) is 0 Å². The van der Waals surface area contributed by atoms with E-state index in [0.29, 0.717) is 5.56 Å². The molecule has 4 heteroatoms. The summed E-state index contributed by atoms with van der Waals surface area (Å²) < 4.78 is 0. The number of aromatic nitrogens is 1. The molecule has 10 heavy (non-hydrogen) atoms. The second-order valence-corrected chi connectivity index (χ2v) is 1.71. The summed E-state index contributed by atoms with van der Waals surface area (Å²) in [6.45, 7) is 0. The zero-order valence-electron chi connectivity index (χ0n) is 5.24. The van der Waals surface area contributed by atoms with Crippen molar-refractivity contribution < 1.29 is 4.79 Å². The minimum atomic E-state index is -0.303. The Labute approximate surface area is 58.0 Å². The molecule has 1 heterocycles. The number of nitrogen functional groups attached to an aromatic ring is 1. The number of amides is 1. The molecule has 1 amide bonds. The average Bonchev–Trinajstić information content (AvgIpc) is 2.05. The number of pyridine rings is 1. The van der Waals surface area contributed by atoms with Gasteiger partial charge in [-0.1, -0.05) is 0 Å². The van der Waals surface area contributed by atoms with Crippen LogP contribution in [0.25, 0.3) is 0 Å². The van der Waals surface area contributed by atoms with Gasteiger partial charge in [-0.3, -0.25) is 15.2 Å². The van der Waals surface area contributed by atoms with E-state index in [2.05, 4.69) is 4.98 Å². The fraction of sp³-hybridized carbons (Fsp3) is 0. The molecule has 0 aliphatic carbocycles. The largest absolute Gasteiger partial charge is 0.290 e. The van der Waals surface area contributed by atoms with Crippen LogP contribution in [0.15, 0.2) is 24.5 Å². The molecular weight excluding hydrogens is 132 g/mol. The van der Waals surface area contributed by atoms with E-state index < -0.39 is 0 Å². The van der Waals surface area contributed by atoms with Gasteiger partial charge in [0.15, 0.2) is 0 Å². The summed E-state index contributed by atoms with van der Waals surface area (Å²) in [5.74, 6) is 4.58. The van der Waals surface area contributed by atoms with Crippen molar-refractivity contribution >= 4 is 5.91 Å². The Kier molecular flexibility index (Phi) is 1.96. The molecule has 0 aliphatic rings. The standard InChI is InChI=1S/C6H7N3O/c7-9-6(10)5-1-3-8-4-2-5/h1-4H,7H2,(H,9,10)/i7+1,9+1. The molecule has 52 valence electrons. The Morgan fingerprint density at radius 1 is 1.50 bits per heavy atom. The monoisotopic (exact) mass is 139 g/mol. The number of nitrogens with two attached hydrogens (primary N) is 1. The van der Waals surface area contributed by atoms with Crippen LogP contribution in [0.2, 0.25) is 0 Å². The summed E-state index contributed by atoms with van der Waals surface area (Å²) in [7, 11) is 0. The molecule has 1 aromatic heterocycles. The van der Waals surface area contributed by atoms with Gasteiger partial charge >= 0.3 is 0 Å². The fourth-order valence-electron chi connectivity index (χ4n) is 0.587. The number of hydrogen-bond acceptors (Lipinski definition) is 3. The predicted octanol–water partition coefficient (Wildman–Crippen LogP) is -0.315. The van der Waals surface area contributed by atoms with E-state index in [-0.39, 0.29) is 5.91 Å². The van der Waals surface area contributed by atoms with Gasteiger partial charge in [0.2, 0.25) is 0 Å². The maximum Gasteiger partial charge on any atom is 0.265 e. The fourth-order valence-corrected chi connectivity index (χ4v) is 0.587. The number of rotatable bonds is 1. The third-order valence-corrected chi connectivity index (χ3v) is 1.07. The van der Waals surface area contributed by atoms with Crippen LogP contribution in [0, 0.1) is 0 Å². The van der Waals surface area contributed by atoms with Crippen LogP contribution >= 0.6 is 0 Å². The molecule has 0 radical (unpaired) electrons. The van der Waals surface area contributed by atoms with E-state index in [1.807, 2.05) is 5.43 Å². The Morgan fingerprint density at radius 2 is 2.10 bits per heavy atom. The highest BCUT2D eigenvalue weighted by Crippen LogP contribution is 1.93. The average molecular weight is 139 g/mol. The Morgan fingerprint density at radius 3 is 2.60 bits per heavy atom. The van der Waals surface area contributed by atoms with Crippen molar-refractivity contribution in [2.45, 2.75) is 0 Å². The van der Waals surface area contributed by atoms with Crippen molar-refractivity contribution in [3.63, 3.8) is 0 Å². The minimum absolute atomic E-state index is 0.303. The van der Waals surface area contributed by atoms with Gasteiger partial charge in [0.25, 0.3) is 5.91 Å². The van der Waals surface area contributed by atoms with Gasteiger partial charge in [0.1, 0.15) is 0 Å². The van der Waals surface area contributed by atoms with Crippen molar-refractivity contribution in [2.75, 3.05) is 0 Å². The molecule has 4 nitrogen and oxygen atoms in total. The van der Waals surface area contributed by atoms with Crippen LogP contribution in [0.5, 0.6) is 0 Å². The van der Waals surface area contributed by atoms with Gasteiger partial charge in [-0.15, -0.1) is 0 Å². The summed E-state index contributed by atoms with van der Waals surface area (Å²) in [6.07, 6.45) is 3.06. The zero-order chi connectivity index (χ0) is 7.40. The predicted molar refractivity (Wildman–Crippen MR) is 35.9 cm³/mol. The second kappa shape index (κ2) is 2.93. The maximum absolute atomic E-state index is 10.7. The van der Waals surface area contributed by atoms with E-state index in [0.717, 1.165) is 0 Å². The van der Waals surface area contributed by atoms with Crippen LogP contribution in [-0.4, -0.2) is 10.9 Å². The molecule has 1 aromatic rings. The first-order valence-electron chi connectivity index (χ1n) is 2.75. The van der Waals surface area contributed by atoms with E-state index in [4.69, 9.17) is 5.84 Å². The molecule has 0 fully saturated rings. The van der Waals surface area contributed by atoms with Gasteiger partial charge in [0.05, 0.1) is 0 Å². The van der Waals surface area contributed by atoms with Gasteiger partial charge in [0, 0.05) is 18.0 Å². The Bertz CT molecular complexity index is 222. The molecule has 0 saturated heterocycles. The van der Waals surface area contributed by atoms with E-state index in [1.165, 1.54) is 12.4 Å². The lowest BCUT2D eigenvalue weighted by molar-refractivity contribution is 0.0953. The topological polar surface area (TPSA) is 68.0 Å². The molecule has 0 atom stereocenters. The molecule has 0 bridgehead atoms. The zero-order valence-corrected chi connectivity index (χ0v) is 5.24. The number of carbonyl (C=O) groups is 1. The van der Waals surface area contributed by atoms with Crippen LogP contribution in [0.4, 0.5) is 0 Å². The first-order chi connectivity index (χ1) is 4.84. The lowest BCUT2D eigenvalue weighted by atomic mass is 10.3. The van der Waals surface area contributed by atoms with Crippen LogP contribution < -0.4 is 11.3 Å². The first kappa shape index (κ1) is 6.70. The number of carbonyl (C=O) groups excluding carboxylic acids is 1. The van der Waals surface area contributed by atoms with E-state index >= 15 is 0 Å². The van der Waals surface area contributed by atoms with Crippen LogP contribution in [0.1, 0.15) is 10.4 Å². The highest BCUT2D eigenvalue weighted by atomic mass is 16.3. The van der Waals surface area contributed by atoms with Crippen LogP contribution in [-0.2, 0) is 0 Å². The third-order valence-electron chi connectivity index (χ3n) is 1.07. The van der Waals surface area contributed by atoms with Crippen molar-refractivity contribution in [1.29, 1.82) is 0 Å². The van der Waals surface area contributed by atoms with Crippen molar-refractivity contribution in [3.05, 3.63) is 30.1 Å². The van der Waals surface area contributed by atoms with Gasteiger partial charge < -0.3 is 0 Å². The molecule has 0 unspecified atom stereocenters. The first-order valence-corrected chi connectivity index (χ1v) is 2.75. The highest BCUT2D eigenvalue weighted by molar-refractivity contribution is 5.93. The second-order valence-electron chi connectivity index (χ2n) is 1.71. The van der Waals surface area contributed by atoms with Crippen molar-refractivity contribution in [1.82, 2.24) is 10.4 Å². The molecule has 0 spiro atoms. The van der Waals surface area contributed by atoms with E-state index in [9.17, 15) is 4.79 Å². The molecule has 0 aromatic carbocycles. The number of nitrogens with one attached hydrogen (secondary N) is 1. The van der Waals surface area contributed by atoms with Crippen LogP contribution in [0.3, 0.4) is 0 Å². The normalized spacial score (nSPS) is 8.90. The number of hydrazine groups is 1. The minimum Gasteiger partial charge on any atom is -0.290 e. The molecule has 0 saturated carbocycles. The Balaban J connectivity index is 2.85. The summed E-state index contributed by atoms with van der Waals surface area (Å²) in [5, 5.41) is 0.